The average Bonchev–Trinajstić information content (AvgIpc) is 3.22. The molecule has 13 heteroatoms. The topological polar surface area (TPSA) is 147 Å². The third kappa shape index (κ3) is 7.92. The number of aliphatic hydroxyl groups excluding tert-OH is 1. The number of nitrogen functional groups attached to an aromatic ring is 1. The maximum absolute atomic E-state index is 14.1. The van der Waals surface area contributed by atoms with Gasteiger partial charge in [-0.1, -0.05) is 61.6 Å². The fourth-order valence-corrected chi connectivity index (χ4v) is 7.93. The molecule has 2 heterocycles. The van der Waals surface area contributed by atoms with E-state index in [9.17, 15) is 14.5 Å². The average molecular weight is 593 g/mol. The van der Waals surface area contributed by atoms with Gasteiger partial charge in [0, 0.05) is 19.2 Å². The number of ether oxygens (including phenoxy) is 2. The van der Waals surface area contributed by atoms with Crippen molar-refractivity contribution < 1.29 is 28.2 Å². The Labute approximate surface area is 238 Å². The van der Waals surface area contributed by atoms with E-state index >= 15 is 0 Å². The SMILES string of the molecule is COC(OCc1ccccc1)[C@H](C)NP(=O)(OC[C@H]1S[C@@H](n2ccc(N)nc2=O)C(C)[C@@H]1O)OC1C=CC=CC1. The number of nitrogens with one attached hydrogen (secondary N) is 1. The molecule has 1 fully saturated rings. The fourth-order valence-electron chi connectivity index (χ4n) is 4.53. The summed E-state index contributed by atoms with van der Waals surface area (Å²) in [6.45, 7) is 3.83. The Balaban J connectivity index is 1.44. The number of benzene rings is 1. The normalized spacial score (nSPS) is 27.4. The van der Waals surface area contributed by atoms with E-state index < -0.39 is 48.6 Å². The van der Waals surface area contributed by atoms with Crippen LogP contribution in [0.1, 0.15) is 31.2 Å². The van der Waals surface area contributed by atoms with Crippen molar-refractivity contribution in [3.05, 3.63) is 82.9 Å². The zero-order chi connectivity index (χ0) is 28.7. The molecule has 11 nitrogen and oxygen atoms in total. The van der Waals surface area contributed by atoms with Gasteiger partial charge in [0.2, 0.25) is 0 Å². The first kappa shape index (κ1) is 30.7. The predicted molar refractivity (Wildman–Crippen MR) is 154 cm³/mol. The smallest absolute Gasteiger partial charge is 0.391 e. The number of aromatic nitrogens is 2. The molecule has 4 N–H and O–H groups in total. The molecule has 1 aliphatic carbocycles. The summed E-state index contributed by atoms with van der Waals surface area (Å²) in [6, 6.07) is 10.6. The molecule has 0 bridgehead atoms. The van der Waals surface area contributed by atoms with E-state index in [4.69, 9.17) is 24.3 Å². The number of thioether (sulfide) groups is 1. The molecular weight excluding hydrogens is 555 g/mol. The monoisotopic (exact) mass is 592 g/mol. The van der Waals surface area contributed by atoms with Crippen molar-refractivity contribution in [2.45, 2.75) is 62.0 Å². The number of hydrogen-bond acceptors (Lipinski definition) is 10. The Morgan fingerprint density at radius 2 is 2.05 bits per heavy atom. The molecule has 2 aromatic rings. The van der Waals surface area contributed by atoms with Crippen molar-refractivity contribution in [1.82, 2.24) is 14.6 Å². The molecule has 0 spiro atoms. The van der Waals surface area contributed by atoms with Crippen molar-refractivity contribution in [3.8, 4) is 0 Å². The van der Waals surface area contributed by atoms with Gasteiger partial charge in [-0.3, -0.25) is 13.6 Å². The number of methoxy groups -OCH3 is 1. The first-order valence-electron chi connectivity index (χ1n) is 13.1. The Kier molecular flexibility index (Phi) is 10.8. The van der Waals surface area contributed by atoms with Crippen molar-refractivity contribution in [2.24, 2.45) is 5.92 Å². The molecule has 40 heavy (non-hydrogen) atoms. The van der Waals surface area contributed by atoms with Gasteiger partial charge in [0.15, 0.2) is 6.29 Å². The Bertz CT molecular complexity index is 1280. The predicted octanol–water partition coefficient (Wildman–Crippen LogP) is 3.63. The lowest BCUT2D eigenvalue weighted by molar-refractivity contribution is -0.144. The number of rotatable bonds is 13. The van der Waals surface area contributed by atoms with Gasteiger partial charge in [-0.2, -0.15) is 4.98 Å². The molecule has 4 rings (SSSR count). The van der Waals surface area contributed by atoms with Gasteiger partial charge in [0.25, 0.3) is 0 Å². The summed E-state index contributed by atoms with van der Waals surface area (Å²) in [5.74, 6) is -0.172. The highest BCUT2D eigenvalue weighted by atomic mass is 32.2. The summed E-state index contributed by atoms with van der Waals surface area (Å²) in [6.07, 6.45) is 7.49. The first-order chi connectivity index (χ1) is 19.2. The summed E-state index contributed by atoms with van der Waals surface area (Å²) in [4.78, 5) is 16.2. The number of allylic oxidation sites excluding steroid dienone is 2. The first-order valence-corrected chi connectivity index (χ1v) is 15.6. The molecule has 0 radical (unpaired) electrons. The van der Waals surface area contributed by atoms with Gasteiger partial charge < -0.3 is 20.3 Å². The van der Waals surface area contributed by atoms with Crippen LogP contribution >= 0.6 is 19.5 Å². The summed E-state index contributed by atoms with van der Waals surface area (Å²) < 4.78 is 38.9. The van der Waals surface area contributed by atoms with Crippen LogP contribution in [0.4, 0.5) is 5.82 Å². The molecule has 1 aromatic carbocycles. The minimum Gasteiger partial charge on any atom is -0.391 e. The van der Waals surface area contributed by atoms with Crippen molar-refractivity contribution >= 4 is 25.3 Å². The molecule has 2 aliphatic rings. The number of hydrogen-bond donors (Lipinski definition) is 3. The van der Waals surface area contributed by atoms with Crippen molar-refractivity contribution in [1.29, 1.82) is 0 Å². The van der Waals surface area contributed by atoms with Crippen LogP contribution in [0.25, 0.3) is 0 Å². The molecular formula is C27H37N4O7PS. The molecule has 1 saturated heterocycles. The van der Waals surface area contributed by atoms with E-state index in [1.165, 1.54) is 29.5 Å². The van der Waals surface area contributed by atoms with Crippen LogP contribution in [0, 0.1) is 5.92 Å². The second kappa shape index (κ2) is 14.1. The zero-order valence-electron chi connectivity index (χ0n) is 22.7. The highest BCUT2D eigenvalue weighted by molar-refractivity contribution is 8.00. The fraction of sp³-hybridized carbons (Fsp3) is 0.481. The lowest BCUT2D eigenvalue weighted by Gasteiger charge is -2.30. The van der Waals surface area contributed by atoms with Crippen molar-refractivity contribution in [2.75, 3.05) is 19.5 Å². The molecule has 4 unspecified atom stereocenters. The van der Waals surface area contributed by atoms with E-state index in [1.807, 2.05) is 55.5 Å². The number of nitrogens with zero attached hydrogens (tertiary/aromatic N) is 2. The molecule has 0 amide bonds. The van der Waals surface area contributed by atoms with Crippen molar-refractivity contribution in [3.63, 3.8) is 0 Å². The van der Waals surface area contributed by atoms with E-state index in [1.54, 1.807) is 19.2 Å². The number of nitrogens with two attached hydrogens (primary N) is 1. The highest BCUT2D eigenvalue weighted by Crippen LogP contribution is 2.51. The van der Waals surface area contributed by atoms with Crippen LogP contribution in [0.5, 0.6) is 0 Å². The molecule has 8 atom stereocenters. The number of anilines is 1. The maximum atomic E-state index is 14.1. The molecule has 1 aromatic heterocycles. The molecule has 1 aliphatic heterocycles. The van der Waals surface area contributed by atoms with Crippen LogP contribution in [-0.4, -0.2) is 58.2 Å². The van der Waals surface area contributed by atoms with Gasteiger partial charge in [-0.25, -0.2) is 14.4 Å². The standard InChI is InChI=1S/C27H37N4O7PS/c1-18-24(32)22(40-25(18)31-15-14-23(28)29-27(31)33)17-37-39(34,38-21-12-8-5-9-13-21)30-19(2)26(35-3)36-16-20-10-6-4-7-11-20/h4-12,14-15,18-19,21-22,24-26,32H,13,16-17H2,1-3H3,(H,30,34)(H2,28,29,33)/t18?,19-,21?,22+,24-,25+,26?,39?/m0/s1. The number of aliphatic hydroxyl groups is 1. The third-order valence-electron chi connectivity index (χ3n) is 6.69. The van der Waals surface area contributed by atoms with Gasteiger partial charge in [0.1, 0.15) is 5.82 Å². The van der Waals surface area contributed by atoms with Gasteiger partial charge in [0.05, 0.1) is 42.1 Å². The third-order valence-corrected chi connectivity index (χ3v) is 10.2. The van der Waals surface area contributed by atoms with E-state index in [0.29, 0.717) is 13.0 Å². The largest absolute Gasteiger partial charge is 0.406 e. The Hall–Kier alpha value is -2.28. The van der Waals surface area contributed by atoms with E-state index in [-0.39, 0.29) is 18.3 Å². The van der Waals surface area contributed by atoms with Crippen LogP contribution in [-0.2, 0) is 29.7 Å². The van der Waals surface area contributed by atoms with Gasteiger partial charge in [-0.15, -0.1) is 11.8 Å². The van der Waals surface area contributed by atoms with Crippen LogP contribution in [0.15, 0.2) is 71.7 Å². The summed E-state index contributed by atoms with van der Waals surface area (Å²) in [7, 11) is -2.42. The minimum absolute atomic E-state index is 0.0877. The van der Waals surface area contributed by atoms with Gasteiger partial charge >= 0.3 is 13.4 Å². The van der Waals surface area contributed by atoms with E-state index in [0.717, 1.165) is 5.56 Å². The molecule has 0 saturated carbocycles. The lowest BCUT2D eigenvalue weighted by atomic mass is 10.0. The minimum atomic E-state index is -3.93. The summed E-state index contributed by atoms with van der Waals surface area (Å²) in [5.41, 5.74) is 6.10. The summed E-state index contributed by atoms with van der Waals surface area (Å²) in [5, 5.41) is 13.1. The zero-order valence-corrected chi connectivity index (χ0v) is 24.4. The second-order valence-corrected chi connectivity index (χ2v) is 12.8. The second-order valence-electron chi connectivity index (χ2n) is 9.76. The Morgan fingerprint density at radius 1 is 1.27 bits per heavy atom. The van der Waals surface area contributed by atoms with Crippen LogP contribution in [0.3, 0.4) is 0 Å². The maximum Gasteiger partial charge on any atom is 0.406 e. The highest BCUT2D eigenvalue weighted by Gasteiger charge is 2.44. The summed E-state index contributed by atoms with van der Waals surface area (Å²) >= 11 is 1.35. The molecule has 218 valence electrons. The Morgan fingerprint density at radius 3 is 2.73 bits per heavy atom. The van der Waals surface area contributed by atoms with Crippen LogP contribution in [0.2, 0.25) is 0 Å². The van der Waals surface area contributed by atoms with Crippen LogP contribution < -0.4 is 16.5 Å². The van der Waals surface area contributed by atoms with Gasteiger partial charge in [-0.05, 0) is 25.0 Å². The quantitative estimate of drug-likeness (QED) is 0.231. The van der Waals surface area contributed by atoms with E-state index in [2.05, 4.69) is 10.1 Å². The lowest BCUT2D eigenvalue weighted by Crippen LogP contribution is -2.40.